The van der Waals surface area contributed by atoms with E-state index in [2.05, 4.69) is 5.32 Å². The largest absolute Gasteiger partial charge is 0.348 e. The van der Waals surface area contributed by atoms with E-state index >= 15 is 0 Å². The van der Waals surface area contributed by atoms with Gasteiger partial charge in [0.05, 0.1) is 11.0 Å². The van der Waals surface area contributed by atoms with E-state index in [0.29, 0.717) is 18.9 Å². The SMILES string of the molecule is O=C(N[C@]12C[C@H]1CN(C(=O)C1(Cc3cccc(F)c3)CC1)C2)C1CCCCC1. The minimum atomic E-state index is -0.348. The lowest BCUT2D eigenvalue weighted by Gasteiger charge is -2.28. The first-order valence-corrected chi connectivity index (χ1v) is 10.9. The summed E-state index contributed by atoms with van der Waals surface area (Å²) < 4.78 is 13.5. The van der Waals surface area contributed by atoms with Crippen LogP contribution in [0.3, 0.4) is 0 Å². The van der Waals surface area contributed by atoms with Crippen molar-refractivity contribution >= 4 is 11.8 Å². The summed E-state index contributed by atoms with van der Waals surface area (Å²) in [5.74, 6) is 0.742. The molecule has 0 radical (unpaired) electrons. The van der Waals surface area contributed by atoms with Crippen LogP contribution in [0.2, 0.25) is 0 Å². The summed E-state index contributed by atoms with van der Waals surface area (Å²) in [7, 11) is 0. The number of nitrogens with zero attached hydrogens (tertiary/aromatic N) is 1. The third-order valence-corrected chi connectivity index (χ3v) is 7.52. The van der Waals surface area contributed by atoms with Crippen molar-refractivity contribution in [2.75, 3.05) is 13.1 Å². The summed E-state index contributed by atoms with van der Waals surface area (Å²) in [6.45, 7) is 1.41. The third-order valence-electron chi connectivity index (χ3n) is 7.52. The van der Waals surface area contributed by atoms with E-state index < -0.39 is 0 Å². The van der Waals surface area contributed by atoms with Crippen molar-refractivity contribution in [3.63, 3.8) is 0 Å². The number of amides is 2. The number of nitrogens with one attached hydrogen (secondary N) is 1. The van der Waals surface area contributed by atoms with Gasteiger partial charge in [-0.15, -0.1) is 0 Å². The molecule has 28 heavy (non-hydrogen) atoms. The first kappa shape index (κ1) is 18.1. The van der Waals surface area contributed by atoms with E-state index in [1.165, 1.54) is 12.5 Å². The van der Waals surface area contributed by atoms with Crippen molar-refractivity contribution in [3.05, 3.63) is 35.6 Å². The zero-order valence-corrected chi connectivity index (χ0v) is 16.4. The Morgan fingerprint density at radius 1 is 1.18 bits per heavy atom. The molecule has 3 saturated carbocycles. The molecule has 1 aromatic carbocycles. The molecular weight excluding hydrogens is 355 g/mol. The van der Waals surface area contributed by atoms with Gasteiger partial charge in [0.25, 0.3) is 0 Å². The Morgan fingerprint density at radius 2 is 1.96 bits per heavy atom. The van der Waals surface area contributed by atoms with E-state index in [-0.39, 0.29) is 34.5 Å². The van der Waals surface area contributed by atoms with Crippen molar-refractivity contribution < 1.29 is 14.0 Å². The summed E-state index contributed by atoms with van der Waals surface area (Å²) in [6, 6.07) is 6.61. The molecule has 4 fully saturated rings. The number of halogens is 1. The average molecular weight is 384 g/mol. The first-order chi connectivity index (χ1) is 13.5. The molecule has 150 valence electrons. The lowest BCUT2D eigenvalue weighted by molar-refractivity contribution is -0.137. The highest BCUT2D eigenvalue weighted by atomic mass is 19.1. The van der Waals surface area contributed by atoms with Gasteiger partial charge in [0, 0.05) is 24.9 Å². The van der Waals surface area contributed by atoms with E-state index in [1.54, 1.807) is 12.1 Å². The van der Waals surface area contributed by atoms with Gasteiger partial charge in [-0.2, -0.15) is 0 Å². The number of hydrogen-bond donors (Lipinski definition) is 1. The molecule has 3 aliphatic carbocycles. The fraction of sp³-hybridized carbons (Fsp3) is 0.652. The predicted octanol–water partition coefficient (Wildman–Crippen LogP) is 3.45. The molecule has 1 aromatic rings. The topological polar surface area (TPSA) is 49.4 Å². The van der Waals surface area contributed by atoms with Crippen molar-refractivity contribution in [1.29, 1.82) is 0 Å². The van der Waals surface area contributed by atoms with Crippen LogP contribution in [0.1, 0.15) is 56.9 Å². The predicted molar refractivity (Wildman–Crippen MR) is 104 cm³/mol. The Hall–Kier alpha value is -1.91. The fourth-order valence-electron chi connectivity index (χ4n) is 5.53. The van der Waals surface area contributed by atoms with E-state index in [9.17, 15) is 14.0 Å². The lowest BCUT2D eigenvalue weighted by Crippen LogP contribution is -2.47. The van der Waals surface area contributed by atoms with Gasteiger partial charge in [0.15, 0.2) is 0 Å². The van der Waals surface area contributed by atoms with Crippen LogP contribution in [0, 0.1) is 23.1 Å². The standard InChI is InChI=1S/C23H29FN2O2/c24-19-8-4-5-16(11-19)12-22(9-10-22)21(28)26-14-18-13-23(18,15-26)25-20(27)17-6-2-1-3-7-17/h4-5,8,11,17-18H,1-3,6-7,9-10,12-15H2,(H,25,27)/t18-,23-/m0/s1. The van der Waals surface area contributed by atoms with Crippen LogP contribution in [0.5, 0.6) is 0 Å². The highest BCUT2D eigenvalue weighted by Crippen LogP contribution is 2.55. The summed E-state index contributed by atoms with van der Waals surface area (Å²) in [6.07, 6.45) is 8.95. The van der Waals surface area contributed by atoms with Crippen LogP contribution in [0.25, 0.3) is 0 Å². The second-order valence-electron chi connectivity index (χ2n) is 9.65. The molecule has 4 nitrogen and oxygen atoms in total. The van der Waals surface area contributed by atoms with Gasteiger partial charge in [0.1, 0.15) is 5.82 Å². The second-order valence-corrected chi connectivity index (χ2v) is 9.65. The fourth-order valence-corrected chi connectivity index (χ4v) is 5.53. The quantitative estimate of drug-likeness (QED) is 0.845. The molecule has 1 N–H and O–H groups in total. The van der Waals surface area contributed by atoms with Crippen LogP contribution in [-0.4, -0.2) is 35.3 Å². The van der Waals surface area contributed by atoms with Gasteiger partial charge in [-0.05, 0) is 56.2 Å². The Bertz CT molecular complexity index is 800. The van der Waals surface area contributed by atoms with Gasteiger partial charge in [0.2, 0.25) is 11.8 Å². The maximum atomic E-state index is 13.5. The molecule has 5 rings (SSSR count). The Morgan fingerprint density at radius 3 is 2.68 bits per heavy atom. The van der Waals surface area contributed by atoms with E-state index in [4.69, 9.17) is 0 Å². The molecule has 4 aliphatic rings. The second kappa shape index (κ2) is 6.57. The summed E-state index contributed by atoms with van der Waals surface area (Å²) in [4.78, 5) is 27.9. The van der Waals surface area contributed by atoms with Crippen LogP contribution >= 0.6 is 0 Å². The summed E-state index contributed by atoms with van der Waals surface area (Å²) >= 11 is 0. The van der Waals surface area contributed by atoms with E-state index in [0.717, 1.165) is 57.1 Å². The monoisotopic (exact) mass is 384 g/mol. The highest BCUT2D eigenvalue weighted by molar-refractivity contribution is 5.87. The van der Waals surface area contributed by atoms with Gasteiger partial charge in [-0.25, -0.2) is 4.39 Å². The number of carbonyl (C=O) groups excluding carboxylic acids is 2. The normalized spacial score (nSPS) is 30.6. The van der Waals surface area contributed by atoms with Crippen molar-refractivity contribution in [1.82, 2.24) is 10.2 Å². The highest BCUT2D eigenvalue weighted by Gasteiger charge is 2.64. The Kier molecular flexibility index (Phi) is 4.25. The molecule has 0 unspecified atom stereocenters. The van der Waals surface area contributed by atoms with Crippen molar-refractivity contribution in [3.8, 4) is 0 Å². The molecule has 1 saturated heterocycles. The molecule has 0 aromatic heterocycles. The van der Waals surface area contributed by atoms with Crippen molar-refractivity contribution in [2.45, 2.75) is 63.3 Å². The minimum absolute atomic E-state index is 0.164. The molecular formula is C23H29FN2O2. The minimum Gasteiger partial charge on any atom is -0.348 e. The number of hydrogen-bond acceptors (Lipinski definition) is 2. The molecule has 0 spiro atoms. The number of fused-ring (bicyclic) bond motifs is 1. The molecule has 1 aliphatic heterocycles. The Labute approximate surface area is 165 Å². The van der Waals surface area contributed by atoms with Crippen LogP contribution < -0.4 is 5.32 Å². The van der Waals surface area contributed by atoms with Gasteiger partial charge >= 0.3 is 0 Å². The smallest absolute Gasteiger partial charge is 0.229 e. The van der Waals surface area contributed by atoms with Crippen LogP contribution in [0.4, 0.5) is 4.39 Å². The molecule has 0 bridgehead atoms. The zero-order chi connectivity index (χ0) is 19.4. The van der Waals surface area contributed by atoms with Gasteiger partial charge in [-0.1, -0.05) is 31.4 Å². The lowest BCUT2D eigenvalue weighted by atomic mass is 9.88. The van der Waals surface area contributed by atoms with Crippen LogP contribution in [-0.2, 0) is 16.0 Å². The molecule has 5 heteroatoms. The maximum Gasteiger partial charge on any atom is 0.229 e. The number of likely N-dealkylation sites (tertiary alicyclic amines) is 1. The van der Waals surface area contributed by atoms with E-state index in [1.807, 2.05) is 11.0 Å². The number of rotatable bonds is 5. The third kappa shape index (κ3) is 3.23. The summed E-state index contributed by atoms with van der Waals surface area (Å²) in [5.41, 5.74) is 0.383. The molecule has 2 amide bonds. The average Bonchev–Trinajstić information content (AvgIpc) is 3.58. The number of benzene rings is 1. The van der Waals surface area contributed by atoms with Gasteiger partial charge < -0.3 is 10.2 Å². The summed E-state index contributed by atoms with van der Waals surface area (Å²) in [5, 5.41) is 3.33. The zero-order valence-electron chi connectivity index (χ0n) is 16.4. The van der Waals surface area contributed by atoms with Crippen molar-refractivity contribution in [2.24, 2.45) is 17.3 Å². The maximum absolute atomic E-state index is 13.5. The first-order valence-electron chi connectivity index (χ1n) is 10.9. The molecule has 1 heterocycles. The number of carbonyl (C=O) groups is 2. The number of piperidine rings is 1. The van der Waals surface area contributed by atoms with Crippen LogP contribution in [0.15, 0.2) is 24.3 Å². The Balaban J connectivity index is 1.21. The molecule has 2 atom stereocenters. The van der Waals surface area contributed by atoms with Gasteiger partial charge in [-0.3, -0.25) is 9.59 Å².